The Bertz CT molecular complexity index is 455. The summed E-state index contributed by atoms with van der Waals surface area (Å²) in [6.45, 7) is 4.24. The van der Waals surface area contributed by atoms with Crippen LogP contribution in [0.3, 0.4) is 0 Å². The van der Waals surface area contributed by atoms with Gasteiger partial charge in [0.2, 0.25) is 5.91 Å². The minimum Gasteiger partial charge on any atom is -0.349 e. The highest BCUT2D eigenvalue weighted by Gasteiger charge is 2.48. The molecule has 1 aromatic rings. The molecule has 0 saturated heterocycles. The Hall–Kier alpha value is -1.31. The molecular weight excluding hydrogens is 234 g/mol. The number of nitrogens with one attached hydrogen (secondary N) is 1. The van der Waals surface area contributed by atoms with Crippen LogP contribution in [0.1, 0.15) is 50.3 Å². The fourth-order valence-electron chi connectivity index (χ4n) is 3.39. The molecule has 1 N–H and O–H groups in total. The zero-order valence-corrected chi connectivity index (χ0v) is 11.9. The molecule has 2 fully saturated rings. The van der Waals surface area contributed by atoms with Crippen LogP contribution in [0.5, 0.6) is 0 Å². The summed E-state index contributed by atoms with van der Waals surface area (Å²) in [5.41, 5.74) is 2.55. The molecule has 0 aromatic heterocycles. The van der Waals surface area contributed by atoms with Gasteiger partial charge in [0.15, 0.2) is 0 Å². The summed E-state index contributed by atoms with van der Waals surface area (Å²) >= 11 is 0. The standard InChI is InChI=1S/C17H23NO/c1-3-12-4-6-13(7-5-12)11(2)18-17(19)16-9-14-8-15(14)10-16/h4-7,11,14-16H,3,8-10H2,1-2H3,(H,18,19). The fourth-order valence-corrected chi connectivity index (χ4v) is 3.39. The minimum absolute atomic E-state index is 0.121. The van der Waals surface area contributed by atoms with Crippen molar-refractivity contribution in [3.05, 3.63) is 35.4 Å². The van der Waals surface area contributed by atoms with Crippen LogP contribution in [0.2, 0.25) is 0 Å². The SMILES string of the molecule is CCc1ccc(C(C)NC(=O)C2CC3CC3C2)cc1. The Morgan fingerprint density at radius 1 is 1.21 bits per heavy atom. The lowest BCUT2D eigenvalue weighted by Gasteiger charge is -2.18. The number of aryl methyl sites for hydroxylation is 1. The first-order chi connectivity index (χ1) is 9.17. The molecule has 2 aliphatic rings. The molecule has 0 bridgehead atoms. The summed E-state index contributed by atoms with van der Waals surface area (Å²) in [4.78, 5) is 12.2. The first-order valence-corrected chi connectivity index (χ1v) is 7.56. The lowest BCUT2D eigenvalue weighted by molar-refractivity contribution is -0.125. The summed E-state index contributed by atoms with van der Waals surface area (Å²) in [6, 6.07) is 8.70. The molecule has 3 atom stereocenters. The number of carbonyl (C=O) groups excluding carboxylic acids is 1. The molecule has 1 aromatic carbocycles. The van der Waals surface area contributed by atoms with Crippen LogP contribution in [0.15, 0.2) is 24.3 Å². The summed E-state index contributed by atoms with van der Waals surface area (Å²) in [7, 11) is 0. The molecule has 3 rings (SSSR count). The topological polar surface area (TPSA) is 29.1 Å². The van der Waals surface area contributed by atoms with Crippen molar-refractivity contribution >= 4 is 5.91 Å². The van der Waals surface area contributed by atoms with Gasteiger partial charge in [0.05, 0.1) is 6.04 Å². The molecule has 2 aliphatic carbocycles. The van der Waals surface area contributed by atoms with Gasteiger partial charge >= 0.3 is 0 Å². The Balaban J connectivity index is 1.57. The van der Waals surface area contributed by atoms with E-state index in [-0.39, 0.29) is 17.9 Å². The number of hydrogen-bond acceptors (Lipinski definition) is 1. The zero-order chi connectivity index (χ0) is 13.4. The maximum atomic E-state index is 12.2. The second kappa shape index (κ2) is 4.99. The van der Waals surface area contributed by atoms with E-state index in [0.717, 1.165) is 31.1 Å². The maximum Gasteiger partial charge on any atom is 0.223 e. The van der Waals surface area contributed by atoms with Crippen LogP contribution in [0, 0.1) is 17.8 Å². The second-order valence-electron chi connectivity index (χ2n) is 6.25. The molecule has 2 heteroatoms. The van der Waals surface area contributed by atoms with Crippen molar-refractivity contribution in [1.82, 2.24) is 5.32 Å². The summed E-state index contributed by atoms with van der Waals surface area (Å²) in [6.07, 6.45) is 4.68. The Kier molecular flexibility index (Phi) is 3.34. The maximum absolute atomic E-state index is 12.2. The molecule has 0 aliphatic heterocycles. The molecule has 19 heavy (non-hydrogen) atoms. The van der Waals surface area contributed by atoms with E-state index in [1.807, 2.05) is 0 Å². The molecular formula is C17H23NO. The van der Waals surface area contributed by atoms with Crippen molar-refractivity contribution < 1.29 is 4.79 Å². The number of hydrogen-bond donors (Lipinski definition) is 1. The van der Waals surface area contributed by atoms with Crippen LogP contribution in [-0.4, -0.2) is 5.91 Å². The predicted molar refractivity (Wildman–Crippen MR) is 76.7 cm³/mol. The minimum atomic E-state index is 0.121. The molecule has 102 valence electrons. The van der Waals surface area contributed by atoms with Crippen LogP contribution in [0.4, 0.5) is 0 Å². The van der Waals surface area contributed by atoms with Gasteiger partial charge in [-0.25, -0.2) is 0 Å². The van der Waals surface area contributed by atoms with Crippen molar-refractivity contribution in [2.75, 3.05) is 0 Å². The van der Waals surface area contributed by atoms with Crippen molar-refractivity contribution in [2.24, 2.45) is 17.8 Å². The van der Waals surface area contributed by atoms with Crippen LogP contribution >= 0.6 is 0 Å². The first kappa shape index (κ1) is 12.7. The Labute approximate surface area is 115 Å². The van der Waals surface area contributed by atoms with Crippen LogP contribution in [-0.2, 0) is 11.2 Å². The van der Waals surface area contributed by atoms with Crippen molar-refractivity contribution in [1.29, 1.82) is 0 Å². The van der Waals surface area contributed by atoms with Crippen LogP contribution in [0.25, 0.3) is 0 Å². The van der Waals surface area contributed by atoms with E-state index in [1.54, 1.807) is 0 Å². The summed E-state index contributed by atoms with van der Waals surface area (Å²) in [5, 5.41) is 3.18. The smallest absolute Gasteiger partial charge is 0.223 e. The number of fused-ring (bicyclic) bond motifs is 1. The average molecular weight is 257 g/mol. The van der Waals surface area contributed by atoms with Gasteiger partial charge in [-0.15, -0.1) is 0 Å². The van der Waals surface area contributed by atoms with Gasteiger partial charge in [-0.2, -0.15) is 0 Å². The van der Waals surface area contributed by atoms with E-state index < -0.39 is 0 Å². The molecule has 0 spiro atoms. The summed E-state index contributed by atoms with van der Waals surface area (Å²) in [5.74, 6) is 2.28. The molecule has 2 nitrogen and oxygen atoms in total. The second-order valence-corrected chi connectivity index (χ2v) is 6.25. The monoisotopic (exact) mass is 257 g/mol. The van der Waals surface area contributed by atoms with E-state index in [9.17, 15) is 4.79 Å². The van der Waals surface area contributed by atoms with Crippen molar-refractivity contribution in [3.63, 3.8) is 0 Å². The molecule has 2 saturated carbocycles. The molecule has 1 amide bonds. The fraction of sp³-hybridized carbons (Fsp3) is 0.588. The lowest BCUT2D eigenvalue weighted by Crippen LogP contribution is -2.32. The Morgan fingerprint density at radius 3 is 2.42 bits per heavy atom. The van der Waals surface area contributed by atoms with Gasteiger partial charge in [0.25, 0.3) is 0 Å². The van der Waals surface area contributed by atoms with E-state index in [4.69, 9.17) is 0 Å². The molecule has 0 radical (unpaired) electrons. The van der Waals surface area contributed by atoms with Gasteiger partial charge in [-0.05, 0) is 55.6 Å². The highest BCUT2D eigenvalue weighted by molar-refractivity contribution is 5.79. The number of rotatable bonds is 4. The first-order valence-electron chi connectivity index (χ1n) is 7.56. The van der Waals surface area contributed by atoms with Gasteiger partial charge < -0.3 is 5.32 Å². The third-order valence-electron chi connectivity index (χ3n) is 4.86. The third-order valence-corrected chi connectivity index (χ3v) is 4.86. The molecule has 3 unspecified atom stereocenters. The largest absolute Gasteiger partial charge is 0.349 e. The van der Waals surface area contributed by atoms with E-state index >= 15 is 0 Å². The van der Waals surface area contributed by atoms with Crippen molar-refractivity contribution in [2.45, 2.75) is 45.6 Å². The van der Waals surface area contributed by atoms with Crippen molar-refractivity contribution in [3.8, 4) is 0 Å². The lowest BCUT2D eigenvalue weighted by atomic mass is 10.0. The average Bonchev–Trinajstić information content (AvgIpc) is 3.05. The number of benzene rings is 1. The highest BCUT2D eigenvalue weighted by Crippen LogP contribution is 2.54. The zero-order valence-electron chi connectivity index (χ0n) is 11.9. The Morgan fingerprint density at radius 2 is 1.84 bits per heavy atom. The van der Waals surface area contributed by atoms with Gasteiger partial charge in [0, 0.05) is 5.92 Å². The predicted octanol–water partition coefficient (Wildman–Crippen LogP) is 3.47. The van der Waals surface area contributed by atoms with E-state index in [2.05, 4.69) is 43.4 Å². The highest BCUT2D eigenvalue weighted by atomic mass is 16.1. The van der Waals surface area contributed by atoms with E-state index in [0.29, 0.717) is 0 Å². The van der Waals surface area contributed by atoms with Gasteiger partial charge in [-0.3, -0.25) is 4.79 Å². The normalized spacial score (nSPS) is 29.7. The van der Waals surface area contributed by atoms with Gasteiger partial charge in [0.1, 0.15) is 0 Å². The van der Waals surface area contributed by atoms with Crippen LogP contribution < -0.4 is 5.32 Å². The summed E-state index contributed by atoms with van der Waals surface area (Å²) < 4.78 is 0. The number of carbonyl (C=O) groups is 1. The third kappa shape index (κ3) is 2.68. The number of amides is 1. The van der Waals surface area contributed by atoms with Gasteiger partial charge in [-0.1, -0.05) is 31.2 Å². The molecule has 0 heterocycles. The quantitative estimate of drug-likeness (QED) is 0.879. The van der Waals surface area contributed by atoms with E-state index in [1.165, 1.54) is 17.5 Å².